The van der Waals surface area contributed by atoms with Gasteiger partial charge in [0.1, 0.15) is 0 Å². The van der Waals surface area contributed by atoms with Gasteiger partial charge in [-0.3, -0.25) is 9.69 Å². The minimum absolute atomic E-state index is 0.140. The summed E-state index contributed by atoms with van der Waals surface area (Å²) in [5.74, 6) is 0.782. The molecular weight excluding hydrogens is 202 g/mol. The second-order valence-electron chi connectivity index (χ2n) is 5.02. The molecule has 0 saturated heterocycles. The van der Waals surface area contributed by atoms with Gasteiger partial charge in [-0.15, -0.1) is 0 Å². The first-order valence-electron chi connectivity index (χ1n) is 6.34. The van der Waals surface area contributed by atoms with Crippen LogP contribution in [0.15, 0.2) is 0 Å². The van der Waals surface area contributed by atoms with E-state index in [9.17, 15) is 4.79 Å². The molecule has 16 heavy (non-hydrogen) atoms. The molecule has 1 aliphatic rings. The van der Waals surface area contributed by atoms with Crippen molar-refractivity contribution >= 4 is 5.91 Å². The van der Waals surface area contributed by atoms with Crippen LogP contribution in [0.25, 0.3) is 0 Å². The van der Waals surface area contributed by atoms with E-state index >= 15 is 0 Å². The molecule has 0 spiro atoms. The van der Waals surface area contributed by atoms with Gasteiger partial charge < -0.3 is 11.1 Å². The van der Waals surface area contributed by atoms with Crippen molar-refractivity contribution in [1.82, 2.24) is 10.2 Å². The van der Waals surface area contributed by atoms with Gasteiger partial charge in [-0.05, 0) is 25.2 Å². The Morgan fingerprint density at radius 2 is 2.19 bits per heavy atom. The molecule has 0 aromatic heterocycles. The van der Waals surface area contributed by atoms with E-state index in [1.165, 1.54) is 12.8 Å². The summed E-state index contributed by atoms with van der Waals surface area (Å²) in [6.45, 7) is 7.10. The van der Waals surface area contributed by atoms with Gasteiger partial charge in [0.2, 0.25) is 5.91 Å². The van der Waals surface area contributed by atoms with Crippen LogP contribution in [0, 0.1) is 5.92 Å². The zero-order valence-corrected chi connectivity index (χ0v) is 10.5. The molecule has 1 rings (SSSR count). The second kappa shape index (κ2) is 6.86. The van der Waals surface area contributed by atoms with Gasteiger partial charge >= 0.3 is 0 Å². The van der Waals surface area contributed by atoms with Crippen molar-refractivity contribution in [2.45, 2.75) is 39.2 Å². The number of hydrogen-bond donors (Lipinski definition) is 2. The molecule has 0 bridgehead atoms. The van der Waals surface area contributed by atoms with Crippen LogP contribution in [0.4, 0.5) is 0 Å². The number of amides is 1. The van der Waals surface area contributed by atoms with Crippen molar-refractivity contribution < 1.29 is 4.79 Å². The molecule has 0 unspecified atom stereocenters. The predicted octanol–water partition coefficient (Wildman–Crippen LogP) is 0.572. The number of rotatable bonds is 8. The highest BCUT2D eigenvalue weighted by molar-refractivity contribution is 5.78. The van der Waals surface area contributed by atoms with Crippen LogP contribution in [-0.4, -0.2) is 43.0 Å². The van der Waals surface area contributed by atoms with Crippen molar-refractivity contribution in [3.63, 3.8) is 0 Å². The molecule has 1 saturated carbocycles. The summed E-state index contributed by atoms with van der Waals surface area (Å²) < 4.78 is 0. The molecule has 1 aliphatic carbocycles. The van der Waals surface area contributed by atoms with Gasteiger partial charge in [-0.1, -0.05) is 13.8 Å². The minimum atomic E-state index is 0.140. The summed E-state index contributed by atoms with van der Waals surface area (Å²) in [4.78, 5) is 13.8. The lowest BCUT2D eigenvalue weighted by Crippen LogP contribution is -2.41. The second-order valence-corrected chi connectivity index (χ2v) is 5.02. The average Bonchev–Trinajstić information content (AvgIpc) is 2.99. The van der Waals surface area contributed by atoms with Gasteiger partial charge in [-0.25, -0.2) is 0 Å². The Balaban J connectivity index is 2.15. The molecule has 4 nitrogen and oxygen atoms in total. The van der Waals surface area contributed by atoms with Crippen LogP contribution < -0.4 is 11.1 Å². The fraction of sp³-hybridized carbons (Fsp3) is 0.917. The number of hydrogen-bond acceptors (Lipinski definition) is 3. The Hall–Kier alpha value is -0.610. The summed E-state index contributed by atoms with van der Waals surface area (Å²) in [7, 11) is 0. The molecule has 0 radical (unpaired) electrons. The number of carbonyl (C=O) groups excluding carboxylic acids is 1. The summed E-state index contributed by atoms with van der Waals surface area (Å²) in [5.41, 5.74) is 5.54. The van der Waals surface area contributed by atoms with Crippen molar-refractivity contribution in [3.8, 4) is 0 Å². The predicted molar refractivity (Wildman–Crippen MR) is 66.1 cm³/mol. The fourth-order valence-corrected chi connectivity index (χ4v) is 1.74. The van der Waals surface area contributed by atoms with Crippen molar-refractivity contribution in [2.75, 3.05) is 26.2 Å². The summed E-state index contributed by atoms with van der Waals surface area (Å²) >= 11 is 0. The van der Waals surface area contributed by atoms with Gasteiger partial charge in [0, 0.05) is 25.7 Å². The Kier molecular flexibility index (Phi) is 5.77. The molecule has 1 amide bonds. The summed E-state index contributed by atoms with van der Waals surface area (Å²) in [6, 6.07) is 0.611. The Bertz CT molecular complexity index is 214. The topological polar surface area (TPSA) is 58.4 Å². The number of nitrogens with two attached hydrogens (primary N) is 1. The standard InChI is InChI=1S/C12H25N3O/c1-10(2)5-7-14-12(16)9-15(8-6-13)11-3-4-11/h10-11H,3-9,13H2,1-2H3,(H,14,16). The van der Waals surface area contributed by atoms with E-state index in [2.05, 4.69) is 24.1 Å². The van der Waals surface area contributed by atoms with Gasteiger partial charge in [-0.2, -0.15) is 0 Å². The van der Waals surface area contributed by atoms with Crippen molar-refractivity contribution in [3.05, 3.63) is 0 Å². The fourth-order valence-electron chi connectivity index (χ4n) is 1.74. The first kappa shape index (κ1) is 13.5. The lowest BCUT2D eigenvalue weighted by molar-refractivity contribution is -0.122. The molecule has 0 heterocycles. The van der Waals surface area contributed by atoms with E-state index in [0.717, 1.165) is 19.5 Å². The molecule has 0 aliphatic heterocycles. The third-order valence-electron chi connectivity index (χ3n) is 2.87. The zero-order chi connectivity index (χ0) is 12.0. The lowest BCUT2D eigenvalue weighted by Gasteiger charge is -2.20. The van der Waals surface area contributed by atoms with Crippen LogP contribution in [0.5, 0.6) is 0 Å². The van der Waals surface area contributed by atoms with E-state index in [1.807, 2.05) is 0 Å². The number of nitrogens with zero attached hydrogens (tertiary/aromatic N) is 1. The molecule has 4 heteroatoms. The quantitative estimate of drug-likeness (QED) is 0.637. The Labute approximate surface area is 98.6 Å². The average molecular weight is 227 g/mol. The van der Waals surface area contributed by atoms with Crippen LogP contribution in [0.3, 0.4) is 0 Å². The molecule has 0 aromatic rings. The maximum absolute atomic E-state index is 11.6. The number of nitrogens with one attached hydrogen (secondary N) is 1. The van der Waals surface area contributed by atoms with Gasteiger partial charge in [0.15, 0.2) is 0 Å². The smallest absolute Gasteiger partial charge is 0.234 e. The molecular formula is C12H25N3O. The molecule has 3 N–H and O–H groups in total. The zero-order valence-electron chi connectivity index (χ0n) is 10.5. The third kappa shape index (κ3) is 5.47. The van der Waals surface area contributed by atoms with Crippen LogP contribution in [0.2, 0.25) is 0 Å². The molecule has 94 valence electrons. The lowest BCUT2D eigenvalue weighted by atomic mass is 10.1. The van der Waals surface area contributed by atoms with E-state index in [-0.39, 0.29) is 5.91 Å². The number of carbonyl (C=O) groups is 1. The molecule has 0 atom stereocenters. The molecule has 1 fully saturated rings. The SMILES string of the molecule is CC(C)CCNC(=O)CN(CCN)C1CC1. The Morgan fingerprint density at radius 1 is 1.50 bits per heavy atom. The van der Waals surface area contributed by atoms with E-state index in [0.29, 0.717) is 25.0 Å². The van der Waals surface area contributed by atoms with Crippen LogP contribution >= 0.6 is 0 Å². The van der Waals surface area contributed by atoms with Crippen molar-refractivity contribution in [1.29, 1.82) is 0 Å². The Morgan fingerprint density at radius 3 is 2.69 bits per heavy atom. The highest BCUT2D eigenvalue weighted by Crippen LogP contribution is 2.25. The van der Waals surface area contributed by atoms with Gasteiger partial charge in [0.05, 0.1) is 6.54 Å². The summed E-state index contributed by atoms with van der Waals surface area (Å²) in [6.07, 6.45) is 3.49. The first-order valence-corrected chi connectivity index (χ1v) is 6.34. The van der Waals surface area contributed by atoms with Crippen LogP contribution in [0.1, 0.15) is 33.1 Å². The largest absolute Gasteiger partial charge is 0.355 e. The highest BCUT2D eigenvalue weighted by atomic mass is 16.2. The molecule has 0 aromatic carbocycles. The first-order chi connectivity index (χ1) is 7.63. The van der Waals surface area contributed by atoms with E-state index < -0.39 is 0 Å². The van der Waals surface area contributed by atoms with Crippen molar-refractivity contribution in [2.24, 2.45) is 11.7 Å². The highest BCUT2D eigenvalue weighted by Gasteiger charge is 2.29. The van der Waals surface area contributed by atoms with E-state index in [1.54, 1.807) is 0 Å². The monoisotopic (exact) mass is 227 g/mol. The van der Waals surface area contributed by atoms with E-state index in [4.69, 9.17) is 5.73 Å². The normalized spacial score (nSPS) is 15.8. The maximum Gasteiger partial charge on any atom is 0.234 e. The minimum Gasteiger partial charge on any atom is -0.355 e. The van der Waals surface area contributed by atoms with Gasteiger partial charge in [0.25, 0.3) is 0 Å². The summed E-state index contributed by atoms with van der Waals surface area (Å²) in [5, 5.41) is 2.96. The maximum atomic E-state index is 11.6. The third-order valence-corrected chi connectivity index (χ3v) is 2.87. The van der Waals surface area contributed by atoms with Crippen LogP contribution in [-0.2, 0) is 4.79 Å².